The first kappa shape index (κ1) is 15.3. The first-order valence-electron chi connectivity index (χ1n) is 8.11. The van der Waals surface area contributed by atoms with Gasteiger partial charge < -0.3 is 5.32 Å². The summed E-state index contributed by atoms with van der Waals surface area (Å²) in [6, 6.07) is 22.6. The molecule has 0 saturated carbocycles. The zero-order chi connectivity index (χ0) is 16.1. The molecule has 3 rings (SSSR count). The molecule has 3 aromatic carbocycles. The molecular formula is C21H21NO. The fourth-order valence-corrected chi connectivity index (χ4v) is 2.81. The number of nitrogens with one attached hydrogen (secondary N) is 1. The molecule has 23 heavy (non-hydrogen) atoms. The molecule has 2 heteroatoms. The van der Waals surface area contributed by atoms with Gasteiger partial charge in [0, 0.05) is 12.1 Å². The lowest BCUT2D eigenvalue weighted by Gasteiger charge is -2.08. The van der Waals surface area contributed by atoms with Crippen molar-refractivity contribution in [1.82, 2.24) is 0 Å². The van der Waals surface area contributed by atoms with E-state index in [9.17, 15) is 4.79 Å². The zero-order valence-corrected chi connectivity index (χ0v) is 13.4. The van der Waals surface area contributed by atoms with Crippen LogP contribution in [0.15, 0.2) is 66.7 Å². The van der Waals surface area contributed by atoms with Crippen molar-refractivity contribution < 1.29 is 4.79 Å². The number of rotatable bonds is 5. The maximum absolute atomic E-state index is 12.2. The van der Waals surface area contributed by atoms with Gasteiger partial charge in [0.05, 0.1) is 0 Å². The van der Waals surface area contributed by atoms with Gasteiger partial charge in [0.15, 0.2) is 0 Å². The number of amides is 1. The van der Waals surface area contributed by atoms with Crippen molar-refractivity contribution in [2.75, 3.05) is 5.32 Å². The Labute approximate surface area is 137 Å². The lowest BCUT2D eigenvalue weighted by atomic mass is 10.0. The van der Waals surface area contributed by atoms with E-state index >= 15 is 0 Å². The van der Waals surface area contributed by atoms with Crippen LogP contribution in [0.2, 0.25) is 0 Å². The number of carbonyl (C=O) groups excluding carboxylic acids is 1. The van der Waals surface area contributed by atoms with Gasteiger partial charge in [-0.2, -0.15) is 0 Å². The van der Waals surface area contributed by atoms with Gasteiger partial charge in [-0.25, -0.2) is 0 Å². The fraction of sp³-hybridized carbons (Fsp3) is 0.190. The van der Waals surface area contributed by atoms with Gasteiger partial charge in [-0.1, -0.05) is 61.5 Å². The minimum atomic E-state index is 0.0576. The molecule has 0 fully saturated rings. The molecule has 1 amide bonds. The molecule has 0 atom stereocenters. The quantitative estimate of drug-likeness (QED) is 0.708. The molecule has 0 saturated heterocycles. The summed E-state index contributed by atoms with van der Waals surface area (Å²) in [4.78, 5) is 12.2. The summed E-state index contributed by atoms with van der Waals surface area (Å²) >= 11 is 0. The highest BCUT2D eigenvalue weighted by molar-refractivity contribution is 5.91. The third-order valence-corrected chi connectivity index (χ3v) is 4.15. The molecule has 0 bridgehead atoms. The van der Waals surface area contributed by atoms with E-state index in [-0.39, 0.29) is 5.91 Å². The van der Waals surface area contributed by atoms with E-state index in [4.69, 9.17) is 0 Å². The summed E-state index contributed by atoms with van der Waals surface area (Å²) in [5, 5.41) is 5.43. The number of carbonyl (C=O) groups is 1. The Kier molecular flexibility index (Phi) is 4.72. The summed E-state index contributed by atoms with van der Waals surface area (Å²) in [6.45, 7) is 2.12. The Morgan fingerprint density at radius 3 is 2.43 bits per heavy atom. The maximum atomic E-state index is 12.2. The Balaban J connectivity index is 1.63. The molecule has 116 valence electrons. The Bertz CT molecular complexity index is 800. The van der Waals surface area contributed by atoms with Crippen molar-refractivity contribution in [3.8, 4) is 0 Å². The maximum Gasteiger partial charge on any atom is 0.224 e. The highest BCUT2D eigenvalue weighted by atomic mass is 16.1. The van der Waals surface area contributed by atoms with Crippen LogP contribution >= 0.6 is 0 Å². The van der Waals surface area contributed by atoms with Gasteiger partial charge in [-0.15, -0.1) is 0 Å². The highest BCUT2D eigenvalue weighted by Crippen LogP contribution is 2.20. The Morgan fingerprint density at radius 2 is 1.65 bits per heavy atom. The summed E-state index contributed by atoms with van der Waals surface area (Å²) < 4.78 is 0. The number of hydrogen-bond acceptors (Lipinski definition) is 1. The van der Waals surface area contributed by atoms with Crippen LogP contribution in [0.25, 0.3) is 10.8 Å². The fourth-order valence-electron chi connectivity index (χ4n) is 2.81. The SMILES string of the molecule is CCc1ccc(NC(=O)CCc2cccc3ccccc23)cc1. The normalized spacial score (nSPS) is 10.7. The minimum Gasteiger partial charge on any atom is -0.326 e. The van der Waals surface area contributed by atoms with Gasteiger partial charge in [-0.3, -0.25) is 4.79 Å². The Morgan fingerprint density at radius 1 is 0.913 bits per heavy atom. The molecule has 0 spiro atoms. The second kappa shape index (κ2) is 7.10. The third-order valence-electron chi connectivity index (χ3n) is 4.15. The summed E-state index contributed by atoms with van der Waals surface area (Å²) in [5.74, 6) is 0.0576. The standard InChI is InChI=1S/C21H21NO/c1-2-16-10-13-19(14-11-16)22-21(23)15-12-18-8-5-7-17-6-3-4-9-20(17)18/h3-11,13-14H,2,12,15H2,1H3,(H,22,23). The molecule has 0 radical (unpaired) electrons. The van der Waals surface area contributed by atoms with E-state index in [0.29, 0.717) is 6.42 Å². The van der Waals surface area contributed by atoms with Crippen molar-refractivity contribution in [1.29, 1.82) is 0 Å². The second-order valence-electron chi connectivity index (χ2n) is 5.74. The summed E-state index contributed by atoms with van der Waals surface area (Å²) in [7, 11) is 0. The van der Waals surface area contributed by atoms with E-state index in [2.05, 4.69) is 54.7 Å². The van der Waals surface area contributed by atoms with Crippen LogP contribution in [0.4, 0.5) is 5.69 Å². The van der Waals surface area contributed by atoms with E-state index in [1.54, 1.807) is 0 Å². The third kappa shape index (κ3) is 3.78. The number of aryl methyl sites for hydroxylation is 2. The van der Waals surface area contributed by atoms with Crippen molar-refractivity contribution >= 4 is 22.4 Å². The van der Waals surface area contributed by atoms with Crippen LogP contribution in [0.5, 0.6) is 0 Å². The first-order valence-corrected chi connectivity index (χ1v) is 8.11. The number of anilines is 1. The monoisotopic (exact) mass is 303 g/mol. The van der Waals surface area contributed by atoms with E-state index < -0.39 is 0 Å². The largest absolute Gasteiger partial charge is 0.326 e. The predicted molar refractivity (Wildman–Crippen MR) is 96.7 cm³/mol. The molecule has 3 aromatic rings. The van der Waals surface area contributed by atoms with Gasteiger partial charge in [0.25, 0.3) is 0 Å². The molecule has 0 unspecified atom stereocenters. The van der Waals surface area contributed by atoms with E-state index in [1.807, 2.05) is 24.3 Å². The van der Waals surface area contributed by atoms with Crippen molar-refractivity contribution in [2.45, 2.75) is 26.2 Å². The molecule has 2 nitrogen and oxygen atoms in total. The van der Waals surface area contributed by atoms with E-state index in [0.717, 1.165) is 18.5 Å². The molecule has 0 aliphatic heterocycles. The number of hydrogen-bond donors (Lipinski definition) is 1. The van der Waals surface area contributed by atoms with Crippen molar-refractivity contribution in [3.05, 3.63) is 77.9 Å². The predicted octanol–water partition coefficient (Wildman–Crippen LogP) is 4.97. The molecular weight excluding hydrogens is 282 g/mol. The average Bonchev–Trinajstić information content (AvgIpc) is 2.60. The van der Waals surface area contributed by atoms with E-state index in [1.165, 1.54) is 21.9 Å². The van der Waals surface area contributed by atoms with Crippen molar-refractivity contribution in [3.63, 3.8) is 0 Å². The molecule has 0 aromatic heterocycles. The highest BCUT2D eigenvalue weighted by Gasteiger charge is 2.06. The van der Waals surface area contributed by atoms with Crippen LogP contribution in [0.1, 0.15) is 24.5 Å². The number of benzene rings is 3. The van der Waals surface area contributed by atoms with Gasteiger partial charge in [-0.05, 0) is 46.9 Å². The van der Waals surface area contributed by atoms with Crippen molar-refractivity contribution in [2.24, 2.45) is 0 Å². The molecule has 0 heterocycles. The van der Waals surface area contributed by atoms with Crippen LogP contribution in [0, 0.1) is 0 Å². The molecule has 1 N–H and O–H groups in total. The van der Waals surface area contributed by atoms with Gasteiger partial charge in [0.1, 0.15) is 0 Å². The minimum absolute atomic E-state index is 0.0576. The van der Waals surface area contributed by atoms with Crippen LogP contribution < -0.4 is 5.32 Å². The van der Waals surface area contributed by atoms with Gasteiger partial charge in [0.2, 0.25) is 5.91 Å². The lowest BCUT2D eigenvalue weighted by Crippen LogP contribution is -2.12. The summed E-state index contributed by atoms with van der Waals surface area (Å²) in [5.41, 5.74) is 3.36. The number of fused-ring (bicyclic) bond motifs is 1. The molecule has 0 aliphatic carbocycles. The molecule has 0 aliphatic rings. The van der Waals surface area contributed by atoms with Gasteiger partial charge >= 0.3 is 0 Å². The first-order chi connectivity index (χ1) is 11.3. The zero-order valence-electron chi connectivity index (χ0n) is 13.4. The summed E-state index contributed by atoms with van der Waals surface area (Å²) in [6.07, 6.45) is 2.25. The smallest absolute Gasteiger partial charge is 0.224 e. The Hall–Kier alpha value is -2.61. The van der Waals surface area contributed by atoms with Crippen LogP contribution in [-0.2, 0) is 17.6 Å². The average molecular weight is 303 g/mol. The second-order valence-corrected chi connectivity index (χ2v) is 5.74. The van der Waals surface area contributed by atoms with Crippen LogP contribution in [0.3, 0.4) is 0 Å². The topological polar surface area (TPSA) is 29.1 Å². The lowest BCUT2D eigenvalue weighted by molar-refractivity contribution is -0.116. The van der Waals surface area contributed by atoms with Crippen LogP contribution in [-0.4, -0.2) is 5.91 Å².